The molecule has 0 spiro atoms. The third-order valence-electron chi connectivity index (χ3n) is 4.86. The summed E-state index contributed by atoms with van der Waals surface area (Å²) in [7, 11) is 0. The smallest absolute Gasteiger partial charge is 0.231 e. The second kappa shape index (κ2) is 6.05. The molecule has 5 nitrogen and oxygen atoms in total. The van der Waals surface area contributed by atoms with Crippen molar-refractivity contribution in [2.75, 3.05) is 18.7 Å². The Balaban J connectivity index is 1.70. The average Bonchev–Trinajstić information content (AvgIpc) is 3.19. The van der Waals surface area contributed by atoms with Gasteiger partial charge in [0.25, 0.3) is 0 Å². The third-order valence-corrected chi connectivity index (χ3v) is 4.86. The van der Waals surface area contributed by atoms with Crippen molar-refractivity contribution >= 4 is 5.82 Å². The van der Waals surface area contributed by atoms with E-state index < -0.39 is 0 Å². The highest BCUT2D eigenvalue weighted by molar-refractivity contribution is 5.73. The molecule has 132 valence electrons. The normalized spacial score (nSPS) is 15.3. The van der Waals surface area contributed by atoms with E-state index in [-0.39, 0.29) is 12.6 Å². The lowest BCUT2D eigenvalue weighted by Gasteiger charge is -2.09. The highest BCUT2D eigenvalue weighted by atomic mass is 19.1. The molecule has 6 heteroatoms. The minimum absolute atomic E-state index is 0.238. The number of fused-ring (bicyclic) bond motifs is 2. The predicted octanol–water partition coefficient (Wildman–Crippen LogP) is 4.16. The summed E-state index contributed by atoms with van der Waals surface area (Å²) in [4.78, 5) is 0. The van der Waals surface area contributed by atoms with Gasteiger partial charge in [0.1, 0.15) is 17.3 Å². The molecule has 3 aromatic rings. The summed E-state index contributed by atoms with van der Waals surface area (Å²) in [6, 6.07) is 12.5. The molecule has 2 aromatic carbocycles. The van der Waals surface area contributed by atoms with Gasteiger partial charge in [-0.1, -0.05) is 12.1 Å². The largest absolute Gasteiger partial charge is 0.454 e. The number of benzene rings is 2. The Morgan fingerprint density at radius 3 is 2.85 bits per heavy atom. The molecule has 1 N–H and O–H groups in total. The molecule has 0 atom stereocenters. The number of para-hydroxylation sites is 1. The van der Waals surface area contributed by atoms with Crippen LogP contribution in [0.5, 0.6) is 11.5 Å². The van der Waals surface area contributed by atoms with Crippen molar-refractivity contribution in [3.63, 3.8) is 0 Å². The Bertz CT molecular complexity index is 983. The Labute approximate surface area is 150 Å². The molecule has 3 heterocycles. The number of hydrogen-bond donors (Lipinski definition) is 1. The first-order valence-corrected chi connectivity index (χ1v) is 8.82. The molecule has 5 rings (SSSR count). The van der Waals surface area contributed by atoms with Crippen LogP contribution in [0.4, 0.5) is 10.2 Å². The molecule has 0 amide bonds. The molecular formula is C20H18FN3O2. The van der Waals surface area contributed by atoms with Crippen LogP contribution in [0.25, 0.3) is 16.9 Å². The summed E-state index contributed by atoms with van der Waals surface area (Å²) in [6.07, 6.45) is 3.05. The summed E-state index contributed by atoms with van der Waals surface area (Å²) in [5.74, 6) is 2.05. The van der Waals surface area contributed by atoms with Gasteiger partial charge in [-0.15, -0.1) is 0 Å². The fraction of sp³-hybridized carbons (Fsp3) is 0.250. The number of hydrogen-bond acceptors (Lipinski definition) is 4. The fourth-order valence-electron chi connectivity index (χ4n) is 3.58. The van der Waals surface area contributed by atoms with Gasteiger partial charge in [-0.05, 0) is 49.6 Å². The minimum Gasteiger partial charge on any atom is -0.454 e. The Hall–Kier alpha value is -3.02. The summed E-state index contributed by atoms with van der Waals surface area (Å²) >= 11 is 0. The van der Waals surface area contributed by atoms with Crippen molar-refractivity contribution in [2.45, 2.75) is 19.3 Å². The van der Waals surface area contributed by atoms with Crippen molar-refractivity contribution in [3.8, 4) is 28.4 Å². The molecule has 0 saturated heterocycles. The number of anilines is 1. The van der Waals surface area contributed by atoms with E-state index >= 15 is 0 Å². The van der Waals surface area contributed by atoms with Crippen LogP contribution < -0.4 is 14.8 Å². The lowest BCUT2D eigenvalue weighted by atomic mass is 10.0. The van der Waals surface area contributed by atoms with Gasteiger partial charge >= 0.3 is 0 Å². The standard InChI is InChI=1S/C20H18FN3O2/c21-15-6-1-2-7-16(15)24-20-14(5-3-4-10-22-20)19(23-24)13-8-9-17-18(11-13)26-12-25-17/h1-2,6-9,11,22H,3-5,10,12H2. The number of halogens is 1. The van der Waals surface area contributed by atoms with Gasteiger partial charge < -0.3 is 14.8 Å². The first-order chi connectivity index (χ1) is 12.8. The molecule has 2 aliphatic heterocycles. The maximum absolute atomic E-state index is 14.4. The molecular weight excluding hydrogens is 333 g/mol. The molecule has 0 saturated carbocycles. The lowest BCUT2D eigenvalue weighted by Crippen LogP contribution is -2.08. The molecule has 2 aliphatic rings. The number of ether oxygens (including phenoxy) is 2. The number of nitrogens with one attached hydrogen (secondary N) is 1. The van der Waals surface area contributed by atoms with E-state index in [1.54, 1.807) is 16.8 Å². The minimum atomic E-state index is -0.291. The number of nitrogens with zero attached hydrogens (tertiary/aromatic N) is 2. The van der Waals surface area contributed by atoms with Crippen LogP contribution in [0.3, 0.4) is 0 Å². The zero-order chi connectivity index (χ0) is 17.5. The summed E-state index contributed by atoms with van der Waals surface area (Å²) < 4.78 is 27.0. The van der Waals surface area contributed by atoms with E-state index in [0.29, 0.717) is 5.69 Å². The fourth-order valence-corrected chi connectivity index (χ4v) is 3.58. The summed E-state index contributed by atoms with van der Waals surface area (Å²) in [6.45, 7) is 1.09. The van der Waals surface area contributed by atoms with Crippen molar-refractivity contribution in [2.24, 2.45) is 0 Å². The molecule has 0 unspecified atom stereocenters. The van der Waals surface area contributed by atoms with E-state index in [0.717, 1.165) is 59.9 Å². The third kappa shape index (κ3) is 2.41. The quantitative estimate of drug-likeness (QED) is 0.753. The second-order valence-corrected chi connectivity index (χ2v) is 6.49. The Morgan fingerprint density at radius 1 is 1.04 bits per heavy atom. The van der Waals surface area contributed by atoms with Gasteiger partial charge in [0.05, 0.1) is 5.69 Å². The second-order valence-electron chi connectivity index (χ2n) is 6.49. The van der Waals surface area contributed by atoms with E-state index in [2.05, 4.69) is 5.32 Å². The first-order valence-electron chi connectivity index (χ1n) is 8.82. The van der Waals surface area contributed by atoms with Crippen LogP contribution in [0, 0.1) is 5.82 Å². The molecule has 0 fully saturated rings. The number of aromatic nitrogens is 2. The van der Waals surface area contributed by atoms with E-state index in [9.17, 15) is 4.39 Å². The lowest BCUT2D eigenvalue weighted by molar-refractivity contribution is 0.174. The van der Waals surface area contributed by atoms with Crippen LogP contribution in [-0.2, 0) is 6.42 Å². The van der Waals surface area contributed by atoms with Crippen molar-refractivity contribution < 1.29 is 13.9 Å². The van der Waals surface area contributed by atoms with Gasteiger partial charge in [-0.2, -0.15) is 5.10 Å². The topological polar surface area (TPSA) is 48.3 Å². The van der Waals surface area contributed by atoms with Crippen molar-refractivity contribution in [1.82, 2.24) is 9.78 Å². The molecule has 0 aliphatic carbocycles. The highest BCUT2D eigenvalue weighted by Crippen LogP contribution is 2.39. The summed E-state index contributed by atoms with van der Waals surface area (Å²) in [5, 5.41) is 8.22. The molecule has 0 radical (unpaired) electrons. The SMILES string of the molecule is Fc1ccccc1-n1nc(-c2ccc3c(c2)OCO3)c2c1NCCCC2. The van der Waals surface area contributed by atoms with E-state index in [1.807, 2.05) is 24.3 Å². The van der Waals surface area contributed by atoms with Crippen LogP contribution >= 0.6 is 0 Å². The maximum atomic E-state index is 14.4. The highest BCUT2D eigenvalue weighted by Gasteiger charge is 2.24. The Kier molecular flexibility index (Phi) is 3.55. The van der Waals surface area contributed by atoms with Gasteiger partial charge in [0.15, 0.2) is 11.5 Å². The predicted molar refractivity (Wildman–Crippen MR) is 96.5 cm³/mol. The van der Waals surface area contributed by atoms with Crippen LogP contribution in [-0.4, -0.2) is 23.1 Å². The average molecular weight is 351 g/mol. The monoisotopic (exact) mass is 351 g/mol. The van der Waals surface area contributed by atoms with Crippen LogP contribution in [0.15, 0.2) is 42.5 Å². The molecule has 0 bridgehead atoms. The van der Waals surface area contributed by atoms with Crippen molar-refractivity contribution in [3.05, 3.63) is 53.8 Å². The van der Waals surface area contributed by atoms with Gasteiger partial charge in [0, 0.05) is 17.7 Å². The number of rotatable bonds is 2. The van der Waals surface area contributed by atoms with Gasteiger partial charge in [-0.3, -0.25) is 0 Å². The molecule has 26 heavy (non-hydrogen) atoms. The zero-order valence-electron chi connectivity index (χ0n) is 14.2. The van der Waals surface area contributed by atoms with E-state index in [4.69, 9.17) is 14.6 Å². The van der Waals surface area contributed by atoms with E-state index in [1.165, 1.54) is 6.07 Å². The van der Waals surface area contributed by atoms with Crippen LogP contribution in [0.2, 0.25) is 0 Å². The molecule has 1 aromatic heterocycles. The van der Waals surface area contributed by atoms with Gasteiger partial charge in [-0.25, -0.2) is 9.07 Å². The van der Waals surface area contributed by atoms with Crippen LogP contribution in [0.1, 0.15) is 18.4 Å². The zero-order valence-corrected chi connectivity index (χ0v) is 14.2. The first kappa shape index (κ1) is 15.3. The van der Waals surface area contributed by atoms with Gasteiger partial charge in [0.2, 0.25) is 6.79 Å². The van der Waals surface area contributed by atoms with Crippen molar-refractivity contribution in [1.29, 1.82) is 0 Å². The summed E-state index contributed by atoms with van der Waals surface area (Å²) in [5.41, 5.74) is 3.37. The maximum Gasteiger partial charge on any atom is 0.231 e. The Morgan fingerprint density at radius 2 is 1.92 bits per heavy atom.